The summed E-state index contributed by atoms with van der Waals surface area (Å²) in [5.74, 6) is 1.31. The zero-order valence-corrected chi connectivity index (χ0v) is 6.02. The smallest absolute Gasteiger partial charge is 0.205 e. The highest BCUT2D eigenvalue weighted by molar-refractivity contribution is 6.33. The zero-order valence-electron chi connectivity index (χ0n) is 6.02. The lowest BCUT2D eigenvalue weighted by Gasteiger charge is -2.13. The minimum absolute atomic E-state index is 0.569. The SMILES string of the molecule is CC[C@@H](C)C(C)[B]N. The molecule has 1 radical (unpaired) electrons. The quantitative estimate of drug-likeness (QED) is 0.549. The predicted molar refractivity (Wildman–Crippen MR) is 38.8 cm³/mol. The van der Waals surface area contributed by atoms with Crippen LogP contribution in [0.15, 0.2) is 0 Å². The Balaban J connectivity index is 3.29. The van der Waals surface area contributed by atoms with Crippen LogP contribution in [0.2, 0.25) is 5.82 Å². The number of nitrogens with two attached hydrogens (primary N) is 1. The molecule has 1 unspecified atom stereocenters. The molecule has 47 valence electrons. The van der Waals surface area contributed by atoms with Crippen LogP contribution in [0.25, 0.3) is 0 Å². The highest BCUT2D eigenvalue weighted by Gasteiger charge is 2.07. The van der Waals surface area contributed by atoms with Crippen molar-refractivity contribution in [2.75, 3.05) is 0 Å². The Morgan fingerprint density at radius 2 is 2.00 bits per heavy atom. The van der Waals surface area contributed by atoms with Crippen molar-refractivity contribution in [2.45, 2.75) is 33.0 Å². The van der Waals surface area contributed by atoms with Crippen LogP contribution >= 0.6 is 0 Å². The van der Waals surface area contributed by atoms with Gasteiger partial charge in [-0.1, -0.05) is 33.0 Å². The minimum atomic E-state index is 0.569. The summed E-state index contributed by atoms with van der Waals surface area (Å²) >= 11 is 0. The number of hydrogen-bond acceptors (Lipinski definition) is 1. The highest BCUT2D eigenvalue weighted by Crippen LogP contribution is 2.16. The summed E-state index contributed by atoms with van der Waals surface area (Å²) in [7, 11) is 1.77. The van der Waals surface area contributed by atoms with Crippen molar-refractivity contribution >= 4 is 7.41 Å². The Kier molecular flexibility index (Phi) is 3.97. The standard InChI is InChI=1S/C6H15BN/c1-4-5(2)6(3)7-8/h5-6H,4,8H2,1-3H3/t5-,6?/m1/s1. The molecule has 0 heterocycles. The molecular formula is C6H15BN. The maximum absolute atomic E-state index is 5.32. The van der Waals surface area contributed by atoms with Crippen LogP contribution in [0, 0.1) is 5.92 Å². The van der Waals surface area contributed by atoms with Gasteiger partial charge in [-0.05, 0) is 5.92 Å². The molecule has 0 amide bonds. The van der Waals surface area contributed by atoms with E-state index in [4.69, 9.17) is 5.64 Å². The average Bonchev–Trinajstić information content (AvgIpc) is 1.84. The lowest BCUT2D eigenvalue weighted by molar-refractivity contribution is 0.539. The molecule has 0 aliphatic carbocycles. The third-order valence-corrected chi connectivity index (χ3v) is 1.85. The first-order valence-corrected chi connectivity index (χ1v) is 3.27. The summed E-state index contributed by atoms with van der Waals surface area (Å²) in [5.41, 5.74) is 5.32. The Morgan fingerprint density at radius 1 is 1.50 bits per heavy atom. The molecule has 1 nitrogen and oxygen atoms in total. The minimum Gasteiger partial charge on any atom is -0.374 e. The van der Waals surface area contributed by atoms with E-state index < -0.39 is 0 Å². The number of hydrogen-bond donors (Lipinski definition) is 1. The summed E-state index contributed by atoms with van der Waals surface area (Å²) in [5, 5.41) is 0. The van der Waals surface area contributed by atoms with Crippen molar-refractivity contribution in [3.8, 4) is 0 Å². The molecule has 8 heavy (non-hydrogen) atoms. The molecule has 2 N–H and O–H groups in total. The van der Waals surface area contributed by atoms with Crippen molar-refractivity contribution in [1.82, 2.24) is 0 Å². The van der Waals surface area contributed by atoms with Gasteiger partial charge in [0.15, 0.2) is 0 Å². The molecule has 0 fully saturated rings. The van der Waals surface area contributed by atoms with Crippen molar-refractivity contribution in [3.63, 3.8) is 0 Å². The van der Waals surface area contributed by atoms with E-state index in [9.17, 15) is 0 Å². The number of rotatable bonds is 3. The topological polar surface area (TPSA) is 26.0 Å². The zero-order chi connectivity index (χ0) is 6.57. The Labute approximate surface area is 52.9 Å². The summed E-state index contributed by atoms with van der Waals surface area (Å²) < 4.78 is 0. The van der Waals surface area contributed by atoms with Gasteiger partial charge in [0.2, 0.25) is 7.41 Å². The van der Waals surface area contributed by atoms with Gasteiger partial charge in [-0.25, -0.2) is 0 Å². The summed E-state index contributed by atoms with van der Waals surface area (Å²) in [6.45, 7) is 6.55. The van der Waals surface area contributed by atoms with Gasteiger partial charge in [0.1, 0.15) is 0 Å². The molecule has 0 aromatic rings. The molecule has 0 saturated heterocycles. The molecule has 2 atom stereocenters. The first-order valence-electron chi connectivity index (χ1n) is 3.27. The molecule has 0 aliphatic rings. The molecule has 0 aromatic heterocycles. The largest absolute Gasteiger partial charge is 0.374 e. The van der Waals surface area contributed by atoms with Crippen molar-refractivity contribution in [2.24, 2.45) is 11.6 Å². The molecule has 0 saturated carbocycles. The monoisotopic (exact) mass is 112 g/mol. The third-order valence-electron chi connectivity index (χ3n) is 1.85. The van der Waals surface area contributed by atoms with Crippen LogP contribution in [-0.2, 0) is 0 Å². The molecule has 0 rings (SSSR count). The van der Waals surface area contributed by atoms with Crippen LogP contribution < -0.4 is 5.64 Å². The lowest BCUT2D eigenvalue weighted by atomic mass is 9.70. The fraction of sp³-hybridized carbons (Fsp3) is 1.00. The van der Waals surface area contributed by atoms with Gasteiger partial charge in [-0.3, -0.25) is 0 Å². The summed E-state index contributed by atoms with van der Waals surface area (Å²) in [4.78, 5) is 0. The fourth-order valence-corrected chi connectivity index (χ4v) is 0.561. The summed E-state index contributed by atoms with van der Waals surface area (Å²) in [6, 6.07) is 0. The van der Waals surface area contributed by atoms with Crippen molar-refractivity contribution in [1.29, 1.82) is 0 Å². The lowest BCUT2D eigenvalue weighted by Crippen LogP contribution is -2.16. The van der Waals surface area contributed by atoms with Gasteiger partial charge in [-0.15, -0.1) is 0 Å². The van der Waals surface area contributed by atoms with Gasteiger partial charge in [0, 0.05) is 0 Å². The average molecular weight is 112 g/mol. The molecular weight excluding hydrogens is 96.9 g/mol. The molecule has 0 spiro atoms. The van der Waals surface area contributed by atoms with Gasteiger partial charge < -0.3 is 5.64 Å². The second-order valence-corrected chi connectivity index (χ2v) is 2.44. The maximum Gasteiger partial charge on any atom is 0.205 e. The van der Waals surface area contributed by atoms with Crippen LogP contribution in [0.3, 0.4) is 0 Å². The van der Waals surface area contributed by atoms with E-state index in [1.165, 1.54) is 6.42 Å². The second kappa shape index (κ2) is 3.96. The molecule has 0 aliphatic heterocycles. The Morgan fingerprint density at radius 3 is 2.12 bits per heavy atom. The third kappa shape index (κ3) is 2.36. The van der Waals surface area contributed by atoms with E-state index in [0.717, 1.165) is 5.92 Å². The van der Waals surface area contributed by atoms with Crippen LogP contribution in [0.1, 0.15) is 27.2 Å². The van der Waals surface area contributed by atoms with Crippen molar-refractivity contribution < 1.29 is 0 Å². The normalized spacial score (nSPS) is 17.5. The van der Waals surface area contributed by atoms with Gasteiger partial charge >= 0.3 is 0 Å². The summed E-state index contributed by atoms with van der Waals surface area (Å²) in [6.07, 6.45) is 1.22. The van der Waals surface area contributed by atoms with E-state index >= 15 is 0 Å². The first kappa shape index (κ1) is 8.02. The predicted octanol–water partition coefficient (Wildman–Crippen LogP) is 1.42. The van der Waals surface area contributed by atoms with Crippen molar-refractivity contribution in [3.05, 3.63) is 0 Å². The van der Waals surface area contributed by atoms with Gasteiger partial charge in [0.25, 0.3) is 0 Å². The van der Waals surface area contributed by atoms with Crippen LogP contribution in [0.5, 0.6) is 0 Å². The van der Waals surface area contributed by atoms with Gasteiger partial charge in [0.05, 0.1) is 0 Å². The first-order chi connectivity index (χ1) is 3.72. The van der Waals surface area contributed by atoms with E-state index in [0.29, 0.717) is 5.82 Å². The fourth-order valence-electron chi connectivity index (χ4n) is 0.561. The van der Waals surface area contributed by atoms with E-state index in [1.54, 1.807) is 7.41 Å². The molecule has 2 heteroatoms. The van der Waals surface area contributed by atoms with Crippen LogP contribution in [0.4, 0.5) is 0 Å². The molecule has 0 aromatic carbocycles. The Bertz CT molecular complexity index is 48.5. The second-order valence-electron chi connectivity index (χ2n) is 2.44. The van der Waals surface area contributed by atoms with E-state index in [-0.39, 0.29) is 0 Å². The van der Waals surface area contributed by atoms with Gasteiger partial charge in [-0.2, -0.15) is 0 Å². The van der Waals surface area contributed by atoms with E-state index in [2.05, 4.69) is 20.8 Å². The molecule has 0 bridgehead atoms. The highest BCUT2D eigenvalue weighted by atomic mass is 14.4. The Hall–Kier alpha value is 0.0249. The van der Waals surface area contributed by atoms with Crippen LogP contribution in [-0.4, -0.2) is 7.41 Å². The van der Waals surface area contributed by atoms with E-state index in [1.807, 2.05) is 0 Å². The maximum atomic E-state index is 5.32.